The smallest absolute Gasteiger partial charge is 0.334 e. The van der Waals surface area contributed by atoms with E-state index in [-0.39, 0.29) is 28.0 Å². The standard InChI is InChI=1S/C20H19ClF3N7O4S/c1-3-30(4-2)36(34,35)14-7-5-13(6-8-14)28-18-16(31(32)33)19(27-11-26-18)29-17-15(21)9-12(10-25-17)20(22,23)24/h5-11H,3-4H2,1-2H3,(H2,25,26,27,28,29). The number of aromatic nitrogens is 3. The van der Waals surface area contributed by atoms with Crippen LogP contribution in [0.15, 0.2) is 47.8 Å². The summed E-state index contributed by atoms with van der Waals surface area (Å²) in [5.74, 6) is -0.935. The van der Waals surface area contributed by atoms with Crippen molar-refractivity contribution in [1.82, 2.24) is 19.3 Å². The van der Waals surface area contributed by atoms with Crippen LogP contribution in [-0.4, -0.2) is 45.7 Å². The molecule has 3 rings (SSSR count). The molecule has 0 saturated carbocycles. The number of nitrogens with zero attached hydrogens (tertiary/aromatic N) is 5. The van der Waals surface area contributed by atoms with Gasteiger partial charge in [-0.25, -0.2) is 23.4 Å². The van der Waals surface area contributed by atoms with Gasteiger partial charge in [-0.05, 0) is 30.3 Å². The third-order valence-electron chi connectivity index (χ3n) is 4.87. The van der Waals surface area contributed by atoms with Gasteiger partial charge in [-0.3, -0.25) is 10.1 Å². The largest absolute Gasteiger partial charge is 0.417 e. The Bertz CT molecular complexity index is 1370. The molecule has 0 aliphatic carbocycles. The van der Waals surface area contributed by atoms with Gasteiger partial charge in [0.05, 0.1) is 20.4 Å². The molecule has 2 heterocycles. The van der Waals surface area contributed by atoms with E-state index in [9.17, 15) is 31.7 Å². The summed E-state index contributed by atoms with van der Waals surface area (Å²) < 4.78 is 65.1. The molecule has 2 aromatic heterocycles. The molecule has 0 aliphatic rings. The summed E-state index contributed by atoms with van der Waals surface area (Å²) in [6, 6.07) is 6.12. The van der Waals surface area contributed by atoms with E-state index < -0.39 is 37.4 Å². The third kappa shape index (κ3) is 5.80. The predicted octanol–water partition coefficient (Wildman–Crippen LogP) is 4.97. The van der Waals surface area contributed by atoms with Gasteiger partial charge in [-0.2, -0.15) is 17.5 Å². The molecule has 0 bridgehead atoms. The molecule has 1 aromatic carbocycles. The number of rotatable bonds is 9. The zero-order valence-corrected chi connectivity index (χ0v) is 20.3. The molecule has 11 nitrogen and oxygen atoms in total. The van der Waals surface area contributed by atoms with Crippen LogP contribution in [0.3, 0.4) is 0 Å². The van der Waals surface area contributed by atoms with Crippen molar-refractivity contribution in [3.05, 3.63) is 63.6 Å². The molecule has 0 atom stereocenters. The van der Waals surface area contributed by atoms with Crippen LogP contribution in [0, 0.1) is 10.1 Å². The lowest BCUT2D eigenvalue weighted by molar-refractivity contribution is -0.383. The quantitative estimate of drug-likeness (QED) is 0.281. The Hall–Kier alpha value is -3.56. The second-order valence-electron chi connectivity index (χ2n) is 7.09. The number of nitrogens with one attached hydrogen (secondary N) is 2. The Balaban J connectivity index is 1.91. The van der Waals surface area contributed by atoms with Gasteiger partial charge in [0.2, 0.25) is 21.7 Å². The van der Waals surface area contributed by atoms with Crippen LogP contribution in [0.1, 0.15) is 19.4 Å². The first-order chi connectivity index (χ1) is 16.9. The summed E-state index contributed by atoms with van der Waals surface area (Å²) in [7, 11) is -3.70. The van der Waals surface area contributed by atoms with Gasteiger partial charge >= 0.3 is 11.9 Å². The first-order valence-electron chi connectivity index (χ1n) is 10.2. The molecule has 192 valence electrons. The number of alkyl halides is 3. The SMILES string of the molecule is CCN(CC)S(=O)(=O)c1ccc(Nc2ncnc(Nc3ncc(C(F)(F)F)cc3Cl)c2[N+](=O)[O-])cc1. The van der Waals surface area contributed by atoms with E-state index in [1.807, 2.05) is 0 Å². The molecule has 0 radical (unpaired) electrons. The molecular weight excluding hydrogens is 527 g/mol. The molecule has 0 spiro atoms. The van der Waals surface area contributed by atoms with Gasteiger partial charge < -0.3 is 10.6 Å². The van der Waals surface area contributed by atoms with E-state index >= 15 is 0 Å². The van der Waals surface area contributed by atoms with E-state index in [1.165, 1.54) is 28.6 Å². The molecule has 3 aromatic rings. The van der Waals surface area contributed by atoms with Crippen LogP contribution in [0.4, 0.5) is 42.0 Å². The highest BCUT2D eigenvalue weighted by atomic mass is 35.5. The number of sulfonamides is 1. The maximum Gasteiger partial charge on any atom is 0.417 e. The van der Waals surface area contributed by atoms with E-state index in [0.29, 0.717) is 25.4 Å². The fourth-order valence-corrected chi connectivity index (χ4v) is 4.76. The summed E-state index contributed by atoms with van der Waals surface area (Å²) in [4.78, 5) is 22.2. The lowest BCUT2D eigenvalue weighted by atomic mass is 10.2. The Morgan fingerprint density at radius 1 is 1.03 bits per heavy atom. The van der Waals surface area contributed by atoms with E-state index in [2.05, 4.69) is 25.6 Å². The first kappa shape index (κ1) is 27.0. The monoisotopic (exact) mass is 545 g/mol. The Kier molecular flexibility index (Phi) is 7.96. The van der Waals surface area contributed by atoms with Crippen molar-refractivity contribution in [3.8, 4) is 0 Å². The molecular formula is C20H19ClF3N7O4S. The number of pyridine rings is 1. The summed E-state index contributed by atoms with van der Waals surface area (Å²) in [5, 5.41) is 16.5. The van der Waals surface area contributed by atoms with Crippen molar-refractivity contribution >= 4 is 50.5 Å². The molecule has 0 aliphatic heterocycles. The topological polar surface area (TPSA) is 143 Å². The predicted molar refractivity (Wildman–Crippen MR) is 126 cm³/mol. The van der Waals surface area contributed by atoms with Gasteiger partial charge in [0.1, 0.15) is 6.33 Å². The van der Waals surface area contributed by atoms with Gasteiger partial charge in [-0.1, -0.05) is 25.4 Å². The maximum atomic E-state index is 12.8. The number of halogens is 4. The molecule has 0 fully saturated rings. The Labute approximate surface area is 208 Å². The van der Waals surface area contributed by atoms with Crippen LogP contribution < -0.4 is 10.6 Å². The minimum atomic E-state index is -4.67. The van der Waals surface area contributed by atoms with E-state index in [1.54, 1.807) is 13.8 Å². The first-order valence-corrected chi connectivity index (χ1v) is 12.1. The summed E-state index contributed by atoms with van der Waals surface area (Å²) in [5.41, 5.74) is -1.45. The number of hydrogen-bond donors (Lipinski definition) is 2. The van der Waals surface area contributed by atoms with Gasteiger partial charge in [-0.15, -0.1) is 0 Å². The third-order valence-corrected chi connectivity index (χ3v) is 7.22. The summed E-state index contributed by atoms with van der Waals surface area (Å²) >= 11 is 5.88. The molecule has 0 amide bonds. The Morgan fingerprint density at radius 2 is 1.61 bits per heavy atom. The fourth-order valence-electron chi connectivity index (χ4n) is 3.09. The van der Waals surface area contributed by atoms with Gasteiger partial charge in [0.25, 0.3) is 0 Å². The number of nitro groups is 1. The fraction of sp³-hybridized carbons (Fsp3) is 0.250. The van der Waals surface area contributed by atoms with Crippen molar-refractivity contribution in [1.29, 1.82) is 0 Å². The molecule has 2 N–H and O–H groups in total. The second-order valence-corrected chi connectivity index (χ2v) is 9.44. The average Bonchev–Trinajstić information content (AvgIpc) is 2.80. The summed E-state index contributed by atoms with van der Waals surface area (Å²) in [6.07, 6.45) is -3.17. The van der Waals surface area contributed by atoms with Gasteiger partial charge in [0.15, 0.2) is 5.82 Å². The van der Waals surface area contributed by atoms with Crippen LogP contribution in [0.25, 0.3) is 0 Å². The van der Waals surface area contributed by atoms with Crippen LogP contribution in [0.5, 0.6) is 0 Å². The Morgan fingerprint density at radius 3 is 2.11 bits per heavy atom. The highest BCUT2D eigenvalue weighted by molar-refractivity contribution is 7.89. The van der Waals surface area contributed by atoms with Crippen molar-refractivity contribution in [2.45, 2.75) is 24.9 Å². The van der Waals surface area contributed by atoms with Crippen molar-refractivity contribution in [3.63, 3.8) is 0 Å². The highest BCUT2D eigenvalue weighted by Gasteiger charge is 2.32. The number of hydrogen-bond acceptors (Lipinski definition) is 9. The lowest BCUT2D eigenvalue weighted by Gasteiger charge is -2.18. The van der Waals surface area contributed by atoms with Crippen molar-refractivity contribution in [2.75, 3.05) is 23.7 Å². The van der Waals surface area contributed by atoms with Crippen LogP contribution in [0.2, 0.25) is 5.02 Å². The molecule has 16 heteroatoms. The van der Waals surface area contributed by atoms with Crippen LogP contribution in [-0.2, 0) is 16.2 Å². The van der Waals surface area contributed by atoms with E-state index in [4.69, 9.17) is 11.6 Å². The molecule has 36 heavy (non-hydrogen) atoms. The highest BCUT2D eigenvalue weighted by Crippen LogP contribution is 2.36. The summed E-state index contributed by atoms with van der Waals surface area (Å²) in [6.45, 7) is 4.01. The minimum Gasteiger partial charge on any atom is -0.334 e. The maximum absolute atomic E-state index is 12.8. The normalized spacial score (nSPS) is 12.0. The van der Waals surface area contributed by atoms with Gasteiger partial charge in [0, 0.05) is 25.0 Å². The molecule has 0 unspecified atom stereocenters. The van der Waals surface area contributed by atoms with E-state index in [0.717, 1.165) is 6.33 Å². The number of anilines is 4. The second kappa shape index (κ2) is 10.6. The number of benzene rings is 1. The van der Waals surface area contributed by atoms with Crippen molar-refractivity contribution in [2.24, 2.45) is 0 Å². The zero-order chi connectivity index (χ0) is 26.7. The minimum absolute atomic E-state index is 0.0410. The zero-order valence-electron chi connectivity index (χ0n) is 18.7. The van der Waals surface area contributed by atoms with Crippen molar-refractivity contribution < 1.29 is 26.5 Å². The lowest BCUT2D eigenvalue weighted by Crippen LogP contribution is -2.30. The van der Waals surface area contributed by atoms with Crippen LogP contribution >= 0.6 is 11.6 Å². The molecule has 0 saturated heterocycles. The average molecular weight is 546 g/mol.